The zero-order chi connectivity index (χ0) is 25.1. The lowest BCUT2D eigenvalue weighted by molar-refractivity contribution is -0.139. The van der Waals surface area contributed by atoms with Crippen molar-refractivity contribution in [3.05, 3.63) is 107 Å². The van der Waals surface area contributed by atoms with Crippen LogP contribution in [0.4, 0.5) is 0 Å². The molecule has 0 radical (unpaired) electrons. The van der Waals surface area contributed by atoms with E-state index in [0.717, 1.165) is 21.2 Å². The summed E-state index contributed by atoms with van der Waals surface area (Å²) >= 11 is 4.85. The number of benzene rings is 2. The molecule has 0 fully saturated rings. The topological polar surface area (TPSA) is 69.9 Å². The van der Waals surface area contributed by atoms with Crippen LogP contribution in [0, 0.1) is 6.92 Å². The highest BCUT2D eigenvalue weighted by atomic mass is 79.9. The van der Waals surface area contributed by atoms with Crippen molar-refractivity contribution in [3.63, 3.8) is 0 Å². The Hall–Kier alpha value is -3.23. The summed E-state index contributed by atoms with van der Waals surface area (Å²) in [5, 5.41) is 0. The third-order valence-corrected chi connectivity index (χ3v) is 7.41. The van der Waals surface area contributed by atoms with Crippen LogP contribution in [-0.4, -0.2) is 23.8 Å². The van der Waals surface area contributed by atoms with Gasteiger partial charge in [-0.05, 0) is 61.7 Å². The monoisotopic (exact) mass is 552 g/mol. The minimum absolute atomic E-state index is 0.211. The van der Waals surface area contributed by atoms with Crippen molar-refractivity contribution in [2.24, 2.45) is 4.99 Å². The van der Waals surface area contributed by atoms with E-state index in [4.69, 9.17) is 9.47 Å². The molecule has 0 bridgehead atoms. The fourth-order valence-electron chi connectivity index (χ4n) is 3.86. The largest absolute Gasteiger partial charge is 0.490 e. The Morgan fingerprint density at radius 1 is 1.23 bits per heavy atom. The molecule has 180 valence electrons. The molecule has 2 aromatic carbocycles. The molecule has 1 aliphatic heterocycles. The molecular weight excluding hydrogens is 528 g/mol. The standard InChI is InChI=1S/C27H25BrN2O4S/c1-5-13-34-20-11-9-19(10-12-20)24-23(26(32)33-6-2)17(4)29-27-30(24)25(31)22(35-27)15-18-8-7-16(3)21(28)14-18/h5,7-12,14-15,24H,1,6,13H2,2-4H3/t24-/m0/s1. The van der Waals surface area contributed by atoms with Crippen LogP contribution >= 0.6 is 27.3 Å². The number of carbonyl (C=O) groups excluding carboxylic acids is 1. The van der Waals surface area contributed by atoms with Crippen LogP contribution in [0.15, 0.2) is 80.6 Å². The number of allylic oxidation sites excluding steroid dienone is 1. The van der Waals surface area contributed by atoms with Gasteiger partial charge in [-0.2, -0.15) is 0 Å². The number of hydrogen-bond donors (Lipinski definition) is 0. The first-order valence-corrected chi connectivity index (χ1v) is 12.7. The SMILES string of the molecule is C=CCOc1ccc([C@H]2C(C(=O)OCC)=C(C)N=c3sc(=Cc4ccc(C)c(Br)c4)c(=O)n32)cc1. The highest BCUT2D eigenvalue weighted by Gasteiger charge is 2.33. The van der Waals surface area contributed by atoms with Gasteiger partial charge in [0.25, 0.3) is 5.56 Å². The minimum Gasteiger partial charge on any atom is -0.490 e. The van der Waals surface area contributed by atoms with E-state index in [-0.39, 0.29) is 12.2 Å². The third-order valence-electron chi connectivity index (χ3n) is 5.57. The Kier molecular flexibility index (Phi) is 7.52. The van der Waals surface area contributed by atoms with Crippen molar-refractivity contribution >= 4 is 39.3 Å². The lowest BCUT2D eigenvalue weighted by Crippen LogP contribution is -2.39. The summed E-state index contributed by atoms with van der Waals surface area (Å²) in [5.74, 6) is 0.187. The number of aromatic nitrogens is 1. The number of halogens is 1. The molecular formula is C27H25BrN2O4S. The van der Waals surface area contributed by atoms with E-state index in [1.165, 1.54) is 11.3 Å². The molecule has 35 heavy (non-hydrogen) atoms. The predicted molar refractivity (Wildman–Crippen MR) is 141 cm³/mol. The maximum Gasteiger partial charge on any atom is 0.338 e. The zero-order valence-corrected chi connectivity index (χ0v) is 22.1. The summed E-state index contributed by atoms with van der Waals surface area (Å²) in [6.07, 6.45) is 3.52. The summed E-state index contributed by atoms with van der Waals surface area (Å²) in [5.41, 5.74) is 3.44. The number of aryl methyl sites for hydroxylation is 1. The van der Waals surface area contributed by atoms with E-state index in [9.17, 15) is 9.59 Å². The summed E-state index contributed by atoms with van der Waals surface area (Å²) in [6.45, 7) is 9.81. The van der Waals surface area contributed by atoms with E-state index >= 15 is 0 Å². The number of fused-ring (bicyclic) bond motifs is 1. The van der Waals surface area contributed by atoms with Crippen LogP contribution in [0.1, 0.15) is 36.6 Å². The van der Waals surface area contributed by atoms with Crippen LogP contribution in [-0.2, 0) is 9.53 Å². The van der Waals surface area contributed by atoms with Crippen LogP contribution < -0.4 is 19.6 Å². The number of esters is 1. The second kappa shape index (κ2) is 10.6. The summed E-state index contributed by atoms with van der Waals surface area (Å²) in [6, 6.07) is 12.6. The molecule has 0 spiro atoms. The number of nitrogens with zero attached hydrogens (tertiary/aromatic N) is 2. The van der Waals surface area contributed by atoms with E-state index in [1.807, 2.05) is 55.5 Å². The molecule has 1 aliphatic rings. The van der Waals surface area contributed by atoms with Crippen LogP contribution in [0.3, 0.4) is 0 Å². The van der Waals surface area contributed by atoms with Crippen molar-refractivity contribution < 1.29 is 14.3 Å². The second-order valence-electron chi connectivity index (χ2n) is 7.98. The number of thiazole rings is 1. The maximum absolute atomic E-state index is 13.7. The maximum atomic E-state index is 13.7. The van der Waals surface area contributed by atoms with Gasteiger partial charge in [0.15, 0.2) is 4.80 Å². The molecule has 2 heterocycles. The van der Waals surface area contributed by atoms with E-state index < -0.39 is 12.0 Å². The summed E-state index contributed by atoms with van der Waals surface area (Å²) in [4.78, 5) is 31.8. The van der Waals surface area contributed by atoms with Gasteiger partial charge < -0.3 is 9.47 Å². The lowest BCUT2D eigenvalue weighted by Gasteiger charge is -2.24. The van der Waals surface area contributed by atoms with Gasteiger partial charge >= 0.3 is 5.97 Å². The highest BCUT2D eigenvalue weighted by molar-refractivity contribution is 9.10. The average molecular weight is 553 g/mol. The molecule has 4 rings (SSSR count). The van der Waals surface area contributed by atoms with Gasteiger partial charge in [0.2, 0.25) is 0 Å². The molecule has 0 amide bonds. The van der Waals surface area contributed by atoms with Gasteiger partial charge in [0, 0.05) is 4.47 Å². The van der Waals surface area contributed by atoms with Gasteiger partial charge in [0.05, 0.1) is 28.5 Å². The van der Waals surface area contributed by atoms with Crippen molar-refractivity contribution in [1.29, 1.82) is 0 Å². The zero-order valence-electron chi connectivity index (χ0n) is 19.7. The predicted octanol–water partition coefficient (Wildman–Crippen LogP) is 4.43. The second-order valence-corrected chi connectivity index (χ2v) is 9.84. The number of carbonyl (C=O) groups is 1. The first-order valence-electron chi connectivity index (χ1n) is 11.1. The van der Waals surface area contributed by atoms with Gasteiger partial charge in [-0.1, -0.05) is 64.2 Å². The lowest BCUT2D eigenvalue weighted by atomic mass is 9.96. The van der Waals surface area contributed by atoms with Gasteiger partial charge in [-0.25, -0.2) is 9.79 Å². The molecule has 1 aromatic heterocycles. The molecule has 1 atom stereocenters. The van der Waals surface area contributed by atoms with Crippen molar-refractivity contribution in [2.75, 3.05) is 13.2 Å². The Morgan fingerprint density at radius 3 is 2.63 bits per heavy atom. The molecule has 0 aliphatic carbocycles. The van der Waals surface area contributed by atoms with Crippen molar-refractivity contribution in [3.8, 4) is 5.75 Å². The quantitative estimate of drug-likeness (QED) is 0.321. The van der Waals surface area contributed by atoms with Crippen LogP contribution in [0.25, 0.3) is 6.08 Å². The van der Waals surface area contributed by atoms with Gasteiger partial charge in [-0.15, -0.1) is 0 Å². The molecule has 6 nitrogen and oxygen atoms in total. The molecule has 0 N–H and O–H groups in total. The Bertz CT molecular complexity index is 1500. The van der Waals surface area contributed by atoms with E-state index in [2.05, 4.69) is 27.5 Å². The molecule has 0 saturated heterocycles. The summed E-state index contributed by atoms with van der Waals surface area (Å²) < 4.78 is 14.0. The van der Waals surface area contributed by atoms with Crippen LogP contribution in [0.5, 0.6) is 5.75 Å². The first-order chi connectivity index (χ1) is 16.8. The molecule has 0 saturated carbocycles. The van der Waals surface area contributed by atoms with E-state index in [1.54, 1.807) is 24.5 Å². The third kappa shape index (κ3) is 5.09. The highest BCUT2D eigenvalue weighted by Crippen LogP contribution is 2.31. The number of hydrogen-bond acceptors (Lipinski definition) is 6. The Balaban J connectivity index is 1.89. The first kappa shape index (κ1) is 24.9. The summed E-state index contributed by atoms with van der Waals surface area (Å²) in [7, 11) is 0. The van der Waals surface area contributed by atoms with Gasteiger partial charge in [-0.3, -0.25) is 9.36 Å². The number of rotatable bonds is 7. The van der Waals surface area contributed by atoms with Crippen molar-refractivity contribution in [2.45, 2.75) is 26.8 Å². The molecule has 8 heteroatoms. The fourth-order valence-corrected chi connectivity index (χ4v) is 5.30. The number of ether oxygens (including phenoxy) is 2. The van der Waals surface area contributed by atoms with Gasteiger partial charge in [0.1, 0.15) is 12.4 Å². The molecule has 0 unspecified atom stereocenters. The van der Waals surface area contributed by atoms with Crippen LogP contribution in [0.2, 0.25) is 0 Å². The molecule has 3 aromatic rings. The average Bonchev–Trinajstić information content (AvgIpc) is 3.14. The minimum atomic E-state index is -0.661. The van der Waals surface area contributed by atoms with Crippen molar-refractivity contribution in [1.82, 2.24) is 4.57 Å². The normalized spacial score (nSPS) is 15.4. The Morgan fingerprint density at radius 2 is 1.97 bits per heavy atom. The Labute approximate surface area is 215 Å². The smallest absolute Gasteiger partial charge is 0.338 e. The fraction of sp³-hybridized carbons (Fsp3) is 0.222. The van der Waals surface area contributed by atoms with E-state index in [0.29, 0.717) is 33.0 Å².